The van der Waals surface area contributed by atoms with Crippen LogP contribution in [-0.2, 0) is 0 Å². The van der Waals surface area contributed by atoms with Gasteiger partial charge >= 0.3 is 0 Å². The maximum atomic E-state index is 5.22. The van der Waals surface area contributed by atoms with E-state index in [1.807, 2.05) is 41.9 Å². The molecule has 0 unspecified atom stereocenters. The third kappa shape index (κ3) is 1.94. The van der Waals surface area contributed by atoms with Gasteiger partial charge in [-0.25, -0.2) is 4.68 Å². The summed E-state index contributed by atoms with van der Waals surface area (Å²) in [7, 11) is 1.65. The number of benzene rings is 1. The zero-order chi connectivity index (χ0) is 10.8. The Kier molecular flexibility index (Phi) is 2.60. The minimum absolute atomic E-state index is 0.776. The molecular formula is C11H12N2OS. The quantitative estimate of drug-likeness (QED) is 0.789. The average molecular weight is 220 g/mol. The van der Waals surface area contributed by atoms with Gasteiger partial charge < -0.3 is 4.74 Å². The van der Waals surface area contributed by atoms with Crippen LogP contribution in [0.1, 0.15) is 5.69 Å². The monoisotopic (exact) mass is 220 g/mol. The molecule has 0 atom stereocenters. The maximum Gasteiger partial charge on any atom is 0.127 e. The van der Waals surface area contributed by atoms with Gasteiger partial charge in [-0.05, 0) is 37.3 Å². The highest BCUT2D eigenvalue weighted by molar-refractivity contribution is 7.71. The molecule has 0 saturated heterocycles. The number of nitrogens with one attached hydrogen (secondary N) is 1. The van der Waals surface area contributed by atoms with Crippen molar-refractivity contribution in [3.63, 3.8) is 0 Å². The van der Waals surface area contributed by atoms with Gasteiger partial charge in [-0.15, -0.1) is 0 Å². The molecule has 3 nitrogen and oxygen atoms in total. The molecule has 0 spiro atoms. The van der Waals surface area contributed by atoms with E-state index < -0.39 is 0 Å². The first-order valence-corrected chi connectivity index (χ1v) is 5.04. The van der Waals surface area contributed by atoms with Gasteiger partial charge in [0.05, 0.1) is 12.8 Å². The van der Waals surface area contributed by atoms with E-state index in [0.29, 0.717) is 0 Å². The molecule has 0 fully saturated rings. The molecule has 1 N–H and O–H groups in total. The highest BCUT2D eigenvalue weighted by atomic mass is 32.1. The fourth-order valence-corrected chi connectivity index (χ4v) is 1.76. The van der Waals surface area contributed by atoms with Crippen molar-refractivity contribution in [3.8, 4) is 11.4 Å². The molecule has 1 aromatic heterocycles. The molecule has 0 saturated carbocycles. The van der Waals surface area contributed by atoms with Gasteiger partial charge in [0.15, 0.2) is 0 Å². The number of ether oxygens (including phenoxy) is 1. The van der Waals surface area contributed by atoms with Gasteiger partial charge in [-0.2, -0.15) is 0 Å². The second kappa shape index (κ2) is 3.90. The van der Waals surface area contributed by atoms with Gasteiger partial charge in [-0.1, -0.05) is 12.2 Å². The van der Waals surface area contributed by atoms with Crippen molar-refractivity contribution in [2.45, 2.75) is 6.92 Å². The lowest BCUT2D eigenvalue weighted by atomic mass is 10.3. The number of aromatic amines is 1. The van der Waals surface area contributed by atoms with Crippen LogP contribution in [0, 0.1) is 11.6 Å². The number of aryl methyl sites for hydroxylation is 1. The molecule has 0 radical (unpaired) electrons. The van der Waals surface area contributed by atoms with E-state index in [2.05, 4.69) is 5.10 Å². The summed E-state index contributed by atoms with van der Waals surface area (Å²) in [4.78, 5) is 0. The molecule has 1 aromatic carbocycles. The summed E-state index contributed by atoms with van der Waals surface area (Å²) in [6.45, 7) is 1.98. The number of methoxy groups -OCH3 is 1. The summed E-state index contributed by atoms with van der Waals surface area (Å²) in [5.41, 5.74) is 2.06. The normalized spacial score (nSPS) is 10.3. The maximum absolute atomic E-state index is 5.22. The first-order valence-electron chi connectivity index (χ1n) is 4.64. The zero-order valence-electron chi connectivity index (χ0n) is 8.65. The van der Waals surface area contributed by atoms with Crippen molar-refractivity contribution in [2.75, 3.05) is 7.11 Å². The Morgan fingerprint density at radius 3 is 2.40 bits per heavy atom. The van der Waals surface area contributed by atoms with Crippen LogP contribution in [0.4, 0.5) is 0 Å². The van der Waals surface area contributed by atoms with Crippen molar-refractivity contribution >= 4 is 12.2 Å². The molecule has 1 heterocycles. The summed E-state index contributed by atoms with van der Waals surface area (Å²) in [5, 5.41) is 3.17. The molecule has 0 aliphatic rings. The molecule has 0 bridgehead atoms. The van der Waals surface area contributed by atoms with Crippen LogP contribution in [0.2, 0.25) is 0 Å². The Balaban J connectivity index is 2.45. The predicted octanol–water partition coefficient (Wildman–Crippen LogP) is 2.85. The van der Waals surface area contributed by atoms with Gasteiger partial charge in [0, 0.05) is 5.69 Å². The number of hydrogen-bond donors (Lipinski definition) is 1. The van der Waals surface area contributed by atoms with Crippen LogP contribution in [0.5, 0.6) is 5.75 Å². The van der Waals surface area contributed by atoms with Gasteiger partial charge in [0.2, 0.25) is 0 Å². The van der Waals surface area contributed by atoms with E-state index in [9.17, 15) is 0 Å². The van der Waals surface area contributed by atoms with Crippen LogP contribution >= 0.6 is 12.2 Å². The number of hydrogen-bond acceptors (Lipinski definition) is 2. The van der Waals surface area contributed by atoms with E-state index in [-0.39, 0.29) is 0 Å². The van der Waals surface area contributed by atoms with Crippen LogP contribution in [0.15, 0.2) is 30.3 Å². The first kappa shape index (κ1) is 9.98. The van der Waals surface area contributed by atoms with E-state index >= 15 is 0 Å². The van der Waals surface area contributed by atoms with Crippen molar-refractivity contribution in [3.05, 3.63) is 40.7 Å². The van der Waals surface area contributed by atoms with Gasteiger partial charge in [-0.3, -0.25) is 5.10 Å². The van der Waals surface area contributed by atoms with Gasteiger partial charge in [0.25, 0.3) is 0 Å². The van der Waals surface area contributed by atoms with Crippen LogP contribution in [-0.4, -0.2) is 16.9 Å². The number of nitrogens with zero attached hydrogens (tertiary/aromatic N) is 1. The molecule has 78 valence electrons. The molecule has 0 aliphatic carbocycles. The molecule has 15 heavy (non-hydrogen) atoms. The van der Waals surface area contributed by atoms with Crippen LogP contribution in [0.25, 0.3) is 5.69 Å². The van der Waals surface area contributed by atoms with E-state index in [1.54, 1.807) is 7.11 Å². The van der Waals surface area contributed by atoms with E-state index in [1.165, 1.54) is 0 Å². The first-order chi connectivity index (χ1) is 7.20. The summed E-state index contributed by atoms with van der Waals surface area (Å²) in [6.07, 6.45) is 0. The number of aromatic nitrogens is 2. The van der Waals surface area contributed by atoms with E-state index in [4.69, 9.17) is 17.0 Å². The van der Waals surface area contributed by atoms with Crippen molar-refractivity contribution in [2.24, 2.45) is 0 Å². The largest absolute Gasteiger partial charge is 0.497 e. The fraction of sp³-hybridized carbons (Fsp3) is 0.182. The Morgan fingerprint density at radius 2 is 1.93 bits per heavy atom. The Bertz CT molecular complexity index is 510. The third-order valence-corrected chi connectivity index (χ3v) is 2.48. The predicted molar refractivity (Wildman–Crippen MR) is 62.2 cm³/mol. The summed E-state index contributed by atoms with van der Waals surface area (Å²) in [6, 6.07) is 9.68. The number of rotatable bonds is 2. The molecule has 0 amide bonds. The minimum atomic E-state index is 0.776. The highest BCUT2D eigenvalue weighted by Gasteiger charge is 1.99. The average Bonchev–Trinajstić information content (AvgIpc) is 2.58. The third-order valence-electron chi connectivity index (χ3n) is 2.18. The Morgan fingerprint density at radius 1 is 1.27 bits per heavy atom. The van der Waals surface area contributed by atoms with E-state index in [0.717, 1.165) is 21.8 Å². The Hall–Kier alpha value is -1.55. The summed E-state index contributed by atoms with van der Waals surface area (Å²) < 4.78 is 7.74. The van der Waals surface area contributed by atoms with Crippen molar-refractivity contribution < 1.29 is 4.74 Å². The summed E-state index contributed by atoms with van der Waals surface area (Å²) >= 11 is 5.22. The lowest BCUT2D eigenvalue weighted by Crippen LogP contribution is -1.96. The second-order valence-corrected chi connectivity index (χ2v) is 3.73. The highest BCUT2D eigenvalue weighted by Crippen LogP contribution is 2.15. The van der Waals surface area contributed by atoms with Crippen LogP contribution in [0.3, 0.4) is 0 Å². The lowest BCUT2D eigenvalue weighted by molar-refractivity contribution is 0.414. The van der Waals surface area contributed by atoms with Gasteiger partial charge in [0.1, 0.15) is 10.4 Å². The smallest absolute Gasteiger partial charge is 0.127 e. The molecule has 2 rings (SSSR count). The number of H-pyrrole nitrogens is 1. The molecule has 2 aromatic rings. The fourth-order valence-electron chi connectivity index (χ4n) is 1.44. The standard InChI is InChI=1S/C11H12N2OS/c1-8-7-11(15)13(12-8)9-3-5-10(14-2)6-4-9/h3-7,12H,1-2H3. The topological polar surface area (TPSA) is 29.9 Å². The SMILES string of the molecule is COc1ccc(-n2[nH]c(C)cc2=S)cc1. The summed E-state index contributed by atoms with van der Waals surface area (Å²) in [5.74, 6) is 0.841. The van der Waals surface area contributed by atoms with Crippen molar-refractivity contribution in [1.82, 2.24) is 9.78 Å². The van der Waals surface area contributed by atoms with Crippen molar-refractivity contribution in [1.29, 1.82) is 0 Å². The lowest BCUT2D eigenvalue weighted by Gasteiger charge is -2.04. The molecule has 0 aliphatic heterocycles. The Labute approximate surface area is 93.3 Å². The molecular weight excluding hydrogens is 208 g/mol. The zero-order valence-corrected chi connectivity index (χ0v) is 9.47. The second-order valence-electron chi connectivity index (χ2n) is 3.31. The van der Waals surface area contributed by atoms with Crippen LogP contribution < -0.4 is 4.74 Å². The minimum Gasteiger partial charge on any atom is -0.497 e. The molecule has 4 heteroatoms.